The minimum atomic E-state index is -4.60. The minimum Gasteiger partial charge on any atom is -0.493 e. The van der Waals surface area contributed by atoms with E-state index in [-0.39, 0.29) is 34.4 Å². The lowest BCUT2D eigenvalue weighted by molar-refractivity contribution is -0.384. The van der Waals surface area contributed by atoms with Gasteiger partial charge in [0.1, 0.15) is 22.8 Å². The minimum absolute atomic E-state index is 0.0333. The summed E-state index contributed by atoms with van der Waals surface area (Å²) < 4.78 is 47.8. The van der Waals surface area contributed by atoms with Gasteiger partial charge in [-0.05, 0) is 148 Å². The van der Waals surface area contributed by atoms with Crippen molar-refractivity contribution >= 4 is 44.0 Å². The molecule has 4 fully saturated rings. The van der Waals surface area contributed by atoms with Crippen LogP contribution in [0.1, 0.15) is 118 Å². The lowest BCUT2D eigenvalue weighted by Gasteiger charge is -2.58. The zero-order chi connectivity index (χ0) is 54.1. The van der Waals surface area contributed by atoms with Gasteiger partial charge >= 0.3 is 0 Å². The van der Waals surface area contributed by atoms with Crippen LogP contribution in [0.25, 0.3) is 11.0 Å². The fourth-order valence-corrected chi connectivity index (χ4v) is 13.3. The van der Waals surface area contributed by atoms with Gasteiger partial charge in [-0.1, -0.05) is 44.2 Å². The number of benzene rings is 4. The van der Waals surface area contributed by atoms with E-state index in [1.54, 1.807) is 37.7 Å². The number of pyridine rings is 1. The summed E-state index contributed by atoms with van der Waals surface area (Å²) in [6, 6.07) is 28.3. The van der Waals surface area contributed by atoms with E-state index in [0.717, 1.165) is 106 Å². The highest BCUT2D eigenvalue weighted by molar-refractivity contribution is 7.90. The molecule has 1 atom stereocenters. The molecule has 77 heavy (non-hydrogen) atoms. The third kappa shape index (κ3) is 11.9. The van der Waals surface area contributed by atoms with Gasteiger partial charge in [0.25, 0.3) is 21.6 Å². The van der Waals surface area contributed by atoms with Gasteiger partial charge in [0.2, 0.25) is 0 Å². The van der Waals surface area contributed by atoms with Crippen LogP contribution in [-0.2, 0) is 16.6 Å². The van der Waals surface area contributed by atoms with Crippen LogP contribution in [0.15, 0.2) is 108 Å². The number of carbonyl (C=O) groups is 1. The van der Waals surface area contributed by atoms with Gasteiger partial charge in [0, 0.05) is 87.3 Å². The first kappa shape index (κ1) is 53.7. The summed E-state index contributed by atoms with van der Waals surface area (Å²) in [4.78, 5) is 40.6. The molecule has 6 aromatic rings. The van der Waals surface area contributed by atoms with Crippen LogP contribution < -0.4 is 29.1 Å². The number of amides is 1. The van der Waals surface area contributed by atoms with Gasteiger partial charge in [0.15, 0.2) is 11.5 Å². The number of nitrogens with zero attached hydrogens (tertiary/aromatic N) is 5. The summed E-state index contributed by atoms with van der Waals surface area (Å²) in [7, 11) is -2.92. The van der Waals surface area contributed by atoms with Crippen molar-refractivity contribution < 1.29 is 37.5 Å². The molecule has 408 valence electrons. The number of nitro groups is 1. The van der Waals surface area contributed by atoms with E-state index in [1.165, 1.54) is 28.8 Å². The summed E-state index contributed by atoms with van der Waals surface area (Å²) in [5.74, 6) is 1.65. The Morgan fingerprint density at radius 3 is 2.45 bits per heavy atom. The van der Waals surface area contributed by atoms with E-state index in [1.807, 2.05) is 32.0 Å². The number of ether oxygens (including phenoxy) is 3. The van der Waals surface area contributed by atoms with Crippen LogP contribution in [0, 0.1) is 21.4 Å². The van der Waals surface area contributed by atoms with E-state index in [0.29, 0.717) is 49.3 Å². The number of nitrogens with one attached hydrogen (secondary N) is 3. The molecule has 4 aromatic carbocycles. The molecule has 2 saturated heterocycles. The number of aromatic nitrogens is 2. The standard InChI is InChI=1S/C59H72N8O9S/c1-6-75-55-29-41(11-16-53(55)74-5)37-64-27-28-66(52(38-64)48-10-8-7-9-47(48)39(2)3)44-33-59(34-44)22-25-65(26-23-59)43-12-14-49(54(31-43)76-45-30-42-19-24-60-56(42)62-36-45)57(68)63-77(72,73)46-13-15-50(51(32-46)67(70)71)61-35-40-17-20-58(4,69)21-18-40/h7-16,19,24,29-32,36,39-40,44,52,61,69H,6,17-18,20-23,25-28,33-35,37-38H2,1-5H3,(H,60,62)(H,63,68). The Morgan fingerprint density at radius 2 is 1.71 bits per heavy atom. The average molecular weight is 1070 g/mol. The molecule has 2 aromatic heterocycles. The number of hydrogen-bond donors (Lipinski definition) is 4. The molecule has 1 amide bonds. The van der Waals surface area contributed by atoms with Crippen LogP contribution in [0.3, 0.4) is 0 Å². The average Bonchev–Trinajstić information content (AvgIpc) is 3.92. The SMILES string of the molecule is CCOc1cc(CN2CCN(C3CC4(CCN(c5ccc(C(=O)NS(=O)(=O)c6ccc(NCC7CCC(C)(O)CC7)c([N+](=O)[O-])c6)c(Oc6cnc7[nH]ccc7c6)c5)CC4)C3)C(c3ccccc3C(C)C)C2)ccc1OC. The lowest BCUT2D eigenvalue weighted by atomic mass is 9.59. The Balaban J connectivity index is 0.829. The molecule has 17 nitrogen and oxygen atoms in total. The Hall–Kier alpha value is -6.73. The maximum absolute atomic E-state index is 14.1. The maximum Gasteiger partial charge on any atom is 0.293 e. The second-order valence-corrected chi connectivity index (χ2v) is 24.0. The number of methoxy groups -OCH3 is 1. The number of anilines is 2. The molecule has 18 heteroatoms. The molecule has 4 heterocycles. The van der Waals surface area contributed by atoms with E-state index >= 15 is 0 Å². The highest BCUT2D eigenvalue weighted by atomic mass is 32.2. The van der Waals surface area contributed by atoms with E-state index in [9.17, 15) is 28.4 Å². The Kier molecular flexibility index (Phi) is 15.6. The monoisotopic (exact) mass is 1070 g/mol. The summed E-state index contributed by atoms with van der Waals surface area (Å²) in [6.07, 6.45) is 10.4. The number of carbonyl (C=O) groups excluding carboxylic acids is 1. The van der Waals surface area contributed by atoms with Crippen molar-refractivity contribution in [2.24, 2.45) is 11.3 Å². The molecule has 10 rings (SSSR count). The fourth-order valence-electron chi connectivity index (χ4n) is 12.3. The largest absolute Gasteiger partial charge is 0.493 e. The number of piperidine rings is 1. The Morgan fingerprint density at radius 1 is 0.935 bits per heavy atom. The summed E-state index contributed by atoms with van der Waals surface area (Å²) in [5, 5.41) is 26.5. The number of aliphatic hydroxyl groups is 1. The van der Waals surface area contributed by atoms with Crippen molar-refractivity contribution in [1.82, 2.24) is 24.5 Å². The molecular weight excluding hydrogens is 997 g/mol. The summed E-state index contributed by atoms with van der Waals surface area (Å²) >= 11 is 0. The maximum atomic E-state index is 14.1. The fraction of sp³-hybridized carbons (Fsp3) is 0.458. The molecule has 2 aliphatic carbocycles. The molecule has 4 aliphatic rings. The summed E-state index contributed by atoms with van der Waals surface area (Å²) in [5.41, 5.74) is 4.72. The quantitative estimate of drug-likeness (QED) is 0.0467. The van der Waals surface area contributed by atoms with Gasteiger partial charge in [-0.25, -0.2) is 18.1 Å². The first-order chi connectivity index (χ1) is 37.0. The molecule has 1 unspecified atom stereocenters. The first-order valence-corrected chi connectivity index (χ1v) is 28.7. The molecule has 2 aliphatic heterocycles. The second-order valence-electron chi connectivity index (χ2n) is 22.3. The van der Waals surface area contributed by atoms with Gasteiger partial charge in [-0.3, -0.25) is 24.7 Å². The predicted octanol–water partition coefficient (Wildman–Crippen LogP) is 10.6. The molecule has 2 saturated carbocycles. The zero-order valence-corrected chi connectivity index (χ0v) is 45.6. The van der Waals surface area contributed by atoms with Crippen molar-refractivity contribution in [3.8, 4) is 23.0 Å². The molecule has 1 spiro atoms. The van der Waals surface area contributed by atoms with Gasteiger partial charge < -0.3 is 34.5 Å². The Bertz CT molecular complexity index is 3210. The predicted molar refractivity (Wildman–Crippen MR) is 298 cm³/mol. The number of piperazine rings is 1. The van der Waals surface area contributed by atoms with Crippen molar-refractivity contribution in [2.45, 2.75) is 114 Å². The summed E-state index contributed by atoms with van der Waals surface area (Å²) in [6.45, 7) is 14.7. The number of H-pyrrole nitrogens is 1. The number of rotatable bonds is 18. The van der Waals surface area contributed by atoms with Gasteiger partial charge in [0.05, 0.1) is 40.9 Å². The number of fused-ring (bicyclic) bond motifs is 1. The number of sulfonamides is 1. The third-order valence-electron chi connectivity index (χ3n) is 16.7. The van der Waals surface area contributed by atoms with Crippen LogP contribution >= 0.6 is 0 Å². The second kappa shape index (κ2) is 22.3. The lowest BCUT2D eigenvalue weighted by Crippen LogP contribution is -2.60. The van der Waals surface area contributed by atoms with Crippen LogP contribution in [0.2, 0.25) is 0 Å². The highest BCUT2D eigenvalue weighted by Crippen LogP contribution is 2.53. The van der Waals surface area contributed by atoms with E-state index in [4.69, 9.17) is 14.2 Å². The molecule has 0 bridgehead atoms. The molecule has 0 radical (unpaired) electrons. The van der Waals surface area contributed by atoms with E-state index < -0.39 is 37.0 Å². The topological polar surface area (TPSA) is 205 Å². The van der Waals surface area contributed by atoms with Crippen LogP contribution in [0.5, 0.6) is 23.0 Å². The smallest absolute Gasteiger partial charge is 0.293 e. The van der Waals surface area contributed by atoms with Crippen molar-refractivity contribution in [3.05, 3.63) is 136 Å². The van der Waals surface area contributed by atoms with Gasteiger partial charge in [-0.2, -0.15) is 0 Å². The Labute approximate surface area is 451 Å². The third-order valence-corrected chi connectivity index (χ3v) is 18.0. The van der Waals surface area contributed by atoms with E-state index in [2.05, 4.69) is 85.0 Å². The van der Waals surface area contributed by atoms with Crippen LogP contribution in [0.4, 0.5) is 17.1 Å². The number of hydrogen-bond acceptors (Lipinski definition) is 14. The zero-order valence-electron chi connectivity index (χ0n) is 44.8. The molecular formula is C59H72N8O9S. The molecule has 4 N–H and O–H groups in total. The number of nitro benzene ring substituents is 1. The first-order valence-electron chi connectivity index (χ1n) is 27.2. The number of aromatic amines is 1. The van der Waals surface area contributed by atoms with Crippen molar-refractivity contribution in [2.75, 3.05) is 63.2 Å². The van der Waals surface area contributed by atoms with Crippen molar-refractivity contribution in [3.63, 3.8) is 0 Å². The normalized spacial score (nSPS) is 21.2. The van der Waals surface area contributed by atoms with Gasteiger partial charge in [-0.15, -0.1) is 0 Å². The highest BCUT2D eigenvalue weighted by Gasteiger charge is 2.50. The van der Waals surface area contributed by atoms with Crippen molar-refractivity contribution in [1.29, 1.82) is 0 Å². The van der Waals surface area contributed by atoms with Crippen LogP contribution in [-0.4, -0.2) is 109 Å².